The summed E-state index contributed by atoms with van der Waals surface area (Å²) in [6.45, 7) is 0. The summed E-state index contributed by atoms with van der Waals surface area (Å²) >= 11 is 1.31. The van der Waals surface area contributed by atoms with Gasteiger partial charge in [-0.05, 0) is 11.1 Å². The average Bonchev–Trinajstić information content (AvgIpc) is 2.79. The lowest BCUT2D eigenvalue weighted by molar-refractivity contribution is 1.41. The van der Waals surface area contributed by atoms with E-state index in [4.69, 9.17) is 11.5 Å². The molecule has 0 spiro atoms. The van der Waals surface area contributed by atoms with Gasteiger partial charge in [0.05, 0.1) is 0 Å². The van der Waals surface area contributed by atoms with E-state index in [2.05, 4.69) is 29.2 Å². The minimum Gasteiger partial charge on any atom is -0.389 e. The number of aromatic nitrogens is 1. The van der Waals surface area contributed by atoms with Crippen LogP contribution in [0.25, 0.3) is 22.4 Å². The molecule has 0 atom stereocenters. The van der Waals surface area contributed by atoms with Crippen LogP contribution in [0.1, 0.15) is 0 Å². The minimum atomic E-state index is 0.500. The van der Waals surface area contributed by atoms with Crippen LogP contribution in [0, 0.1) is 0 Å². The Labute approximate surface area is 115 Å². The van der Waals surface area contributed by atoms with Gasteiger partial charge >= 0.3 is 0 Å². The Kier molecular flexibility index (Phi) is 2.93. The summed E-state index contributed by atoms with van der Waals surface area (Å²) in [6.07, 6.45) is 0. The Balaban J connectivity index is 1.98. The number of nitrogen functional groups attached to an aromatic ring is 2. The van der Waals surface area contributed by atoms with E-state index in [1.54, 1.807) is 0 Å². The molecule has 0 unspecified atom stereocenters. The highest BCUT2D eigenvalue weighted by Crippen LogP contribution is 2.32. The minimum absolute atomic E-state index is 0.500. The van der Waals surface area contributed by atoms with Crippen molar-refractivity contribution in [3.05, 3.63) is 54.6 Å². The van der Waals surface area contributed by atoms with Crippen LogP contribution < -0.4 is 11.5 Å². The summed E-state index contributed by atoms with van der Waals surface area (Å²) in [5.41, 5.74) is 15.7. The summed E-state index contributed by atoms with van der Waals surface area (Å²) in [4.78, 5) is 4.25. The first-order valence-corrected chi connectivity index (χ1v) is 6.73. The fraction of sp³-hybridized carbons (Fsp3) is 0. The Hall–Kier alpha value is -2.33. The number of benzene rings is 2. The molecule has 94 valence electrons. The molecule has 0 aliphatic carbocycles. The maximum Gasteiger partial charge on any atom is 0.182 e. The van der Waals surface area contributed by atoms with Crippen molar-refractivity contribution in [2.24, 2.45) is 0 Å². The SMILES string of the molecule is Nc1nc(-c2ccc(-c3ccccc3)cc2)c(N)s1. The summed E-state index contributed by atoms with van der Waals surface area (Å²) in [5.74, 6) is 0. The summed E-state index contributed by atoms with van der Waals surface area (Å²) in [6, 6.07) is 18.4. The van der Waals surface area contributed by atoms with Crippen molar-refractivity contribution in [1.82, 2.24) is 4.98 Å². The zero-order valence-electron chi connectivity index (χ0n) is 10.2. The molecular formula is C15H13N3S. The number of nitrogens with two attached hydrogens (primary N) is 2. The van der Waals surface area contributed by atoms with E-state index in [1.807, 2.05) is 30.3 Å². The number of hydrogen-bond acceptors (Lipinski definition) is 4. The van der Waals surface area contributed by atoms with Gasteiger partial charge in [0.2, 0.25) is 0 Å². The van der Waals surface area contributed by atoms with Gasteiger partial charge in [-0.25, -0.2) is 4.98 Å². The standard InChI is InChI=1S/C15H13N3S/c16-14-13(18-15(17)19-14)12-8-6-11(7-9-12)10-4-2-1-3-5-10/h1-9H,16H2,(H2,17,18). The van der Waals surface area contributed by atoms with Crippen LogP contribution in [-0.4, -0.2) is 4.98 Å². The van der Waals surface area contributed by atoms with E-state index in [9.17, 15) is 0 Å². The van der Waals surface area contributed by atoms with Crippen molar-refractivity contribution in [2.45, 2.75) is 0 Å². The predicted molar refractivity (Wildman–Crippen MR) is 81.8 cm³/mol. The molecule has 0 bridgehead atoms. The van der Waals surface area contributed by atoms with Crippen LogP contribution in [0.2, 0.25) is 0 Å². The van der Waals surface area contributed by atoms with Gasteiger partial charge in [-0.1, -0.05) is 65.9 Å². The Bertz CT molecular complexity index is 687. The van der Waals surface area contributed by atoms with Gasteiger partial charge in [-0.3, -0.25) is 0 Å². The first-order valence-electron chi connectivity index (χ1n) is 5.91. The molecule has 0 aliphatic heterocycles. The quantitative estimate of drug-likeness (QED) is 0.745. The lowest BCUT2D eigenvalue weighted by Gasteiger charge is -2.03. The number of nitrogens with zero attached hydrogens (tertiary/aromatic N) is 1. The van der Waals surface area contributed by atoms with E-state index >= 15 is 0 Å². The van der Waals surface area contributed by atoms with Crippen molar-refractivity contribution in [1.29, 1.82) is 0 Å². The van der Waals surface area contributed by atoms with E-state index in [0.717, 1.165) is 11.3 Å². The summed E-state index contributed by atoms with van der Waals surface area (Å²) < 4.78 is 0. The molecule has 0 saturated heterocycles. The van der Waals surface area contributed by atoms with Crippen LogP contribution >= 0.6 is 11.3 Å². The fourth-order valence-electron chi connectivity index (χ4n) is 2.01. The second kappa shape index (κ2) is 4.74. The van der Waals surface area contributed by atoms with Crippen molar-refractivity contribution in [3.63, 3.8) is 0 Å². The van der Waals surface area contributed by atoms with Crippen LogP contribution in [-0.2, 0) is 0 Å². The molecule has 0 radical (unpaired) electrons. The van der Waals surface area contributed by atoms with Gasteiger partial charge in [-0.2, -0.15) is 0 Å². The smallest absolute Gasteiger partial charge is 0.182 e. The molecule has 4 heteroatoms. The molecule has 19 heavy (non-hydrogen) atoms. The van der Waals surface area contributed by atoms with Crippen LogP contribution in [0.15, 0.2) is 54.6 Å². The summed E-state index contributed by atoms with van der Waals surface area (Å²) in [5, 5.41) is 1.16. The molecule has 0 saturated carbocycles. The Morgan fingerprint density at radius 3 is 1.89 bits per heavy atom. The monoisotopic (exact) mass is 267 g/mol. The van der Waals surface area contributed by atoms with Gasteiger partial charge in [0.1, 0.15) is 10.7 Å². The number of anilines is 2. The zero-order chi connectivity index (χ0) is 13.2. The molecule has 0 amide bonds. The molecule has 2 aromatic carbocycles. The highest BCUT2D eigenvalue weighted by Gasteiger charge is 2.08. The lowest BCUT2D eigenvalue weighted by Crippen LogP contribution is -1.87. The molecule has 3 aromatic rings. The Morgan fingerprint density at radius 1 is 0.737 bits per heavy atom. The maximum atomic E-state index is 5.90. The Morgan fingerprint density at radius 2 is 1.32 bits per heavy atom. The lowest BCUT2D eigenvalue weighted by atomic mass is 10.0. The van der Waals surface area contributed by atoms with Crippen LogP contribution in [0.4, 0.5) is 10.1 Å². The normalized spacial score (nSPS) is 10.5. The van der Waals surface area contributed by atoms with E-state index in [1.165, 1.54) is 22.5 Å². The fourth-order valence-corrected chi connectivity index (χ4v) is 2.63. The second-order valence-electron chi connectivity index (χ2n) is 4.21. The third-order valence-electron chi connectivity index (χ3n) is 2.94. The molecule has 1 heterocycles. The van der Waals surface area contributed by atoms with E-state index in [-0.39, 0.29) is 0 Å². The van der Waals surface area contributed by atoms with Crippen LogP contribution in [0.5, 0.6) is 0 Å². The van der Waals surface area contributed by atoms with Gasteiger partial charge < -0.3 is 11.5 Å². The first kappa shape index (κ1) is 11.7. The van der Waals surface area contributed by atoms with Crippen molar-refractivity contribution < 1.29 is 0 Å². The molecule has 4 N–H and O–H groups in total. The molecular weight excluding hydrogens is 254 g/mol. The summed E-state index contributed by atoms with van der Waals surface area (Å²) in [7, 11) is 0. The average molecular weight is 267 g/mol. The van der Waals surface area contributed by atoms with Gasteiger partial charge in [-0.15, -0.1) is 0 Å². The molecule has 3 rings (SSSR count). The largest absolute Gasteiger partial charge is 0.389 e. The zero-order valence-corrected chi connectivity index (χ0v) is 11.0. The van der Waals surface area contributed by atoms with Crippen molar-refractivity contribution in [3.8, 4) is 22.4 Å². The topological polar surface area (TPSA) is 64.9 Å². The van der Waals surface area contributed by atoms with Gasteiger partial charge in [0.25, 0.3) is 0 Å². The highest BCUT2D eigenvalue weighted by molar-refractivity contribution is 7.19. The third kappa shape index (κ3) is 2.30. The van der Waals surface area contributed by atoms with Gasteiger partial charge in [0.15, 0.2) is 5.13 Å². The molecule has 1 aromatic heterocycles. The van der Waals surface area contributed by atoms with Crippen molar-refractivity contribution in [2.75, 3.05) is 11.5 Å². The van der Waals surface area contributed by atoms with E-state index in [0.29, 0.717) is 10.1 Å². The second-order valence-corrected chi connectivity index (χ2v) is 5.27. The van der Waals surface area contributed by atoms with Crippen molar-refractivity contribution >= 4 is 21.5 Å². The van der Waals surface area contributed by atoms with Gasteiger partial charge in [0, 0.05) is 5.56 Å². The first-order chi connectivity index (χ1) is 9.24. The molecule has 0 fully saturated rings. The predicted octanol–water partition coefficient (Wildman–Crippen LogP) is 3.64. The maximum absolute atomic E-state index is 5.90. The molecule has 0 aliphatic rings. The highest BCUT2D eigenvalue weighted by atomic mass is 32.1. The number of rotatable bonds is 2. The van der Waals surface area contributed by atoms with E-state index < -0.39 is 0 Å². The van der Waals surface area contributed by atoms with Crippen LogP contribution in [0.3, 0.4) is 0 Å². The number of thiazole rings is 1. The molecule has 3 nitrogen and oxygen atoms in total. The third-order valence-corrected chi connectivity index (χ3v) is 3.65. The number of hydrogen-bond donors (Lipinski definition) is 2.